The van der Waals surface area contributed by atoms with Gasteiger partial charge in [0.2, 0.25) is 5.91 Å². The molecule has 0 bridgehead atoms. The van der Waals surface area contributed by atoms with Gasteiger partial charge in [0.25, 0.3) is 0 Å². The zero-order valence-electron chi connectivity index (χ0n) is 14.2. The number of hydrogen-bond acceptors (Lipinski definition) is 4. The Morgan fingerprint density at radius 1 is 1.48 bits per heavy atom. The van der Waals surface area contributed by atoms with Gasteiger partial charge >= 0.3 is 0 Å². The number of aromatic nitrogens is 2. The second kappa shape index (κ2) is 8.80. The van der Waals surface area contributed by atoms with Crippen molar-refractivity contribution in [2.75, 3.05) is 26.7 Å². The van der Waals surface area contributed by atoms with Crippen LogP contribution in [0.4, 0.5) is 0 Å². The Balaban J connectivity index is 0.00000225. The number of benzene rings is 1. The maximum absolute atomic E-state index is 12.9. The number of nitrogens with one attached hydrogen (secondary N) is 1. The highest BCUT2D eigenvalue weighted by molar-refractivity contribution is 9.10. The number of nitrogens with zero attached hydrogens (tertiary/aromatic N) is 3. The molecular weight excluding hydrogens is 408 g/mol. The van der Waals surface area contributed by atoms with Crippen LogP contribution in [0.15, 0.2) is 41.1 Å². The first-order valence-electron chi connectivity index (χ1n) is 7.90. The number of carbonyl (C=O) groups is 1. The highest BCUT2D eigenvalue weighted by Gasteiger charge is 2.30. The van der Waals surface area contributed by atoms with Crippen LogP contribution in [-0.4, -0.2) is 47.3 Å². The van der Waals surface area contributed by atoms with Crippen LogP contribution in [0.5, 0.6) is 0 Å². The van der Waals surface area contributed by atoms with E-state index in [2.05, 4.69) is 26.3 Å². The summed E-state index contributed by atoms with van der Waals surface area (Å²) in [5, 5.41) is 7.26. The Morgan fingerprint density at radius 2 is 2.28 bits per heavy atom. The molecule has 1 N–H and O–H groups in total. The molecule has 0 radical (unpaired) electrons. The van der Waals surface area contributed by atoms with Crippen molar-refractivity contribution >= 4 is 34.2 Å². The van der Waals surface area contributed by atoms with E-state index in [1.807, 2.05) is 42.4 Å². The Kier molecular flexibility index (Phi) is 7.01. The van der Waals surface area contributed by atoms with Crippen LogP contribution >= 0.6 is 28.3 Å². The second-order valence-electron chi connectivity index (χ2n) is 5.87. The van der Waals surface area contributed by atoms with Crippen molar-refractivity contribution in [2.45, 2.75) is 12.1 Å². The zero-order valence-corrected chi connectivity index (χ0v) is 16.6. The Labute approximate surface area is 162 Å². The summed E-state index contributed by atoms with van der Waals surface area (Å²) in [6, 6.07) is 7.64. The fourth-order valence-corrected chi connectivity index (χ4v) is 3.38. The van der Waals surface area contributed by atoms with Gasteiger partial charge in [0.15, 0.2) is 0 Å². The molecule has 1 aromatic carbocycles. The predicted molar refractivity (Wildman–Crippen MR) is 102 cm³/mol. The molecule has 6 nitrogen and oxygen atoms in total. The first-order valence-corrected chi connectivity index (χ1v) is 8.69. The Morgan fingerprint density at radius 3 is 2.92 bits per heavy atom. The molecule has 2 aromatic rings. The number of likely N-dealkylation sites (N-methyl/N-ethyl adjacent to an activating group) is 1. The maximum Gasteiger partial charge on any atom is 0.244 e. The third kappa shape index (κ3) is 4.61. The van der Waals surface area contributed by atoms with Gasteiger partial charge in [-0.3, -0.25) is 9.48 Å². The molecule has 2 unspecified atom stereocenters. The number of aryl methyl sites for hydroxylation is 1. The van der Waals surface area contributed by atoms with E-state index in [0.717, 1.165) is 15.6 Å². The largest absolute Gasteiger partial charge is 0.370 e. The van der Waals surface area contributed by atoms with E-state index in [9.17, 15) is 4.79 Å². The average Bonchev–Trinajstić information content (AvgIpc) is 3.02. The molecule has 0 aliphatic carbocycles. The van der Waals surface area contributed by atoms with E-state index < -0.39 is 0 Å². The summed E-state index contributed by atoms with van der Waals surface area (Å²) in [7, 11) is 3.64. The van der Waals surface area contributed by atoms with Gasteiger partial charge in [-0.25, -0.2) is 0 Å². The summed E-state index contributed by atoms with van der Waals surface area (Å²) < 4.78 is 8.59. The number of ether oxygens (including phenoxy) is 1. The Bertz CT molecular complexity index is 724. The van der Waals surface area contributed by atoms with Crippen molar-refractivity contribution in [3.8, 4) is 0 Å². The molecule has 1 aromatic heterocycles. The van der Waals surface area contributed by atoms with Crippen LogP contribution < -0.4 is 5.32 Å². The summed E-state index contributed by atoms with van der Waals surface area (Å²) in [5.41, 5.74) is 1.94. The minimum absolute atomic E-state index is 0. The van der Waals surface area contributed by atoms with Gasteiger partial charge in [0, 0.05) is 29.8 Å². The summed E-state index contributed by atoms with van der Waals surface area (Å²) >= 11 is 3.48. The number of hydrogen-bond donors (Lipinski definition) is 1. The third-order valence-electron chi connectivity index (χ3n) is 4.19. The minimum Gasteiger partial charge on any atom is -0.370 e. The average molecular weight is 430 g/mol. The maximum atomic E-state index is 12.9. The van der Waals surface area contributed by atoms with Crippen LogP contribution in [-0.2, 0) is 16.6 Å². The number of carbonyl (C=O) groups excluding carboxylic acids is 1. The van der Waals surface area contributed by atoms with Crippen molar-refractivity contribution in [1.29, 1.82) is 0 Å². The fourth-order valence-electron chi connectivity index (χ4n) is 2.96. The zero-order chi connectivity index (χ0) is 17.1. The molecular formula is C17H22BrClN4O2. The van der Waals surface area contributed by atoms with Gasteiger partial charge in [-0.15, -0.1) is 12.4 Å². The molecule has 1 aliphatic heterocycles. The number of morpholine rings is 1. The second-order valence-corrected chi connectivity index (χ2v) is 6.78. The smallest absolute Gasteiger partial charge is 0.244 e. The SMILES string of the molecule is CNC(C(=O)N1CCOC(c2cccc(Br)c2)C1)c1cnn(C)c1.Cl. The van der Waals surface area contributed by atoms with E-state index in [1.54, 1.807) is 17.9 Å². The van der Waals surface area contributed by atoms with Crippen LogP contribution in [0.25, 0.3) is 0 Å². The molecule has 0 spiro atoms. The van der Waals surface area contributed by atoms with E-state index in [4.69, 9.17) is 4.74 Å². The minimum atomic E-state index is -0.389. The van der Waals surface area contributed by atoms with E-state index in [0.29, 0.717) is 19.7 Å². The normalized spacial score (nSPS) is 18.5. The van der Waals surface area contributed by atoms with E-state index in [-0.39, 0.29) is 30.5 Å². The number of amides is 1. The molecule has 136 valence electrons. The molecule has 1 amide bonds. The Hall–Kier alpha value is -1.41. The van der Waals surface area contributed by atoms with Crippen molar-refractivity contribution in [3.05, 3.63) is 52.3 Å². The lowest BCUT2D eigenvalue weighted by atomic mass is 10.1. The highest BCUT2D eigenvalue weighted by Crippen LogP contribution is 2.26. The molecule has 3 rings (SSSR count). The first kappa shape index (κ1) is 19.9. The van der Waals surface area contributed by atoms with Crippen LogP contribution in [0, 0.1) is 0 Å². The molecule has 2 atom stereocenters. The third-order valence-corrected chi connectivity index (χ3v) is 4.69. The van der Waals surface area contributed by atoms with Crippen LogP contribution in [0.1, 0.15) is 23.3 Å². The van der Waals surface area contributed by atoms with Gasteiger partial charge in [-0.1, -0.05) is 28.1 Å². The molecule has 2 heterocycles. The van der Waals surface area contributed by atoms with Crippen molar-refractivity contribution in [1.82, 2.24) is 20.0 Å². The van der Waals surface area contributed by atoms with Gasteiger partial charge in [0.1, 0.15) is 12.1 Å². The summed E-state index contributed by atoms with van der Waals surface area (Å²) in [4.78, 5) is 14.8. The van der Waals surface area contributed by atoms with Crippen LogP contribution in [0.2, 0.25) is 0 Å². The van der Waals surface area contributed by atoms with Crippen molar-refractivity contribution in [3.63, 3.8) is 0 Å². The quantitative estimate of drug-likeness (QED) is 0.811. The monoisotopic (exact) mass is 428 g/mol. The standard InChI is InChI=1S/C17H21BrN4O2.ClH/c1-19-16(13-9-20-21(2)10-13)17(23)22-6-7-24-15(11-22)12-4-3-5-14(18)8-12;/h3-5,8-10,15-16,19H,6-7,11H2,1-2H3;1H. The topological polar surface area (TPSA) is 59.4 Å². The van der Waals surface area contributed by atoms with Gasteiger partial charge in [-0.2, -0.15) is 5.10 Å². The van der Waals surface area contributed by atoms with Gasteiger partial charge < -0.3 is 15.0 Å². The molecule has 8 heteroatoms. The predicted octanol–water partition coefficient (Wildman–Crippen LogP) is 2.47. The molecule has 25 heavy (non-hydrogen) atoms. The number of halogens is 2. The van der Waals surface area contributed by atoms with Gasteiger partial charge in [-0.05, 0) is 24.7 Å². The molecule has 1 aliphatic rings. The summed E-state index contributed by atoms with van der Waals surface area (Å²) in [6.07, 6.45) is 3.49. The molecule has 1 saturated heterocycles. The van der Waals surface area contributed by atoms with E-state index in [1.165, 1.54) is 0 Å². The summed E-state index contributed by atoms with van der Waals surface area (Å²) in [6.45, 7) is 1.68. The molecule has 1 fully saturated rings. The lowest BCUT2D eigenvalue weighted by Gasteiger charge is -2.35. The van der Waals surface area contributed by atoms with Crippen LogP contribution in [0.3, 0.4) is 0 Å². The highest BCUT2D eigenvalue weighted by atomic mass is 79.9. The lowest BCUT2D eigenvalue weighted by Crippen LogP contribution is -2.46. The summed E-state index contributed by atoms with van der Waals surface area (Å²) in [5.74, 6) is 0.0498. The number of rotatable bonds is 4. The lowest BCUT2D eigenvalue weighted by molar-refractivity contribution is -0.141. The van der Waals surface area contributed by atoms with E-state index >= 15 is 0 Å². The first-order chi connectivity index (χ1) is 11.6. The fraction of sp³-hybridized carbons (Fsp3) is 0.412. The molecule has 0 saturated carbocycles. The van der Waals surface area contributed by atoms with Gasteiger partial charge in [0.05, 0.1) is 19.3 Å². The van der Waals surface area contributed by atoms with Crippen molar-refractivity contribution < 1.29 is 9.53 Å². The van der Waals surface area contributed by atoms with Crippen molar-refractivity contribution in [2.24, 2.45) is 7.05 Å².